The van der Waals surface area contributed by atoms with Gasteiger partial charge in [0, 0.05) is 29.6 Å². The molecule has 0 aliphatic carbocycles. The SMILES string of the molecule is CC[C@@H](NC(C)CC(N)=O)c1ccc(Cl)c(Oc2ccc(C#C[Si](C)(C)C)cc2)c1F. The molecule has 7 heteroatoms. The van der Waals surface area contributed by atoms with Crippen LogP contribution in [0.1, 0.15) is 43.9 Å². The minimum Gasteiger partial charge on any atom is -0.453 e. The van der Waals surface area contributed by atoms with Crippen LogP contribution in [0.4, 0.5) is 4.39 Å². The first kappa shape index (κ1) is 24.9. The number of halogens is 2. The van der Waals surface area contributed by atoms with Crippen LogP contribution in [0.3, 0.4) is 0 Å². The van der Waals surface area contributed by atoms with E-state index in [-0.39, 0.29) is 29.3 Å². The Hall–Kier alpha value is -2.33. The van der Waals surface area contributed by atoms with Crippen molar-refractivity contribution >= 4 is 25.6 Å². The van der Waals surface area contributed by atoms with Gasteiger partial charge in [0.2, 0.25) is 5.91 Å². The third-order valence-electron chi connectivity index (χ3n) is 4.51. The molecule has 0 fully saturated rings. The maximum Gasteiger partial charge on any atom is 0.218 e. The van der Waals surface area contributed by atoms with Crippen LogP contribution in [0, 0.1) is 17.3 Å². The Morgan fingerprint density at radius 2 is 1.87 bits per heavy atom. The average Bonchev–Trinajstić information content (AvgIpc) is 2.68. The Morgan fingerprint density at radius 1 is 1.23 bits per heavy atom. The number of primary amides is 1. The van der Waals surface area contributed by atoms with Crippen LogP contribution in [0.5, 0.6) is 11.5 Å². The van der Waals surface area contributed by atoms with Crippen molar-refractivity contribution in [3.05, 3.63) is 58.4 Å². The van der Waals surface area contributed by atoms with E-state index < -0.39 is 19.8 Å². The number of hydrogen-bond acceptors (Lipinski definition) is 3. The van der Waals surface area contributed by atoms with Gasteiger partial charge in [-0.25, -0.2) is 4.39 Å². The summed E-state index contributed by atoms with van der Waals surface area (Å²) in [5, 5.41) is 3.43. The maximum absolute atomic E-state index is 15.3. The van der Waals surface area contributed by atoms with Gasteiger partial charge in [0.25, 0.3) is 0 Å². The highest BCUT2D eigenvalue weighted by Gasteiger charge is 2.22. The average molecular weight is 461 g/mol. The molecule has 1 amide bonds. The summed E-state index contributed by atoms with van der Waals surface area (Å²) in [7, 11) is -1.46. The fraction of sp³-hybridized carbons (Fsp3) is 0.375. The number of hydrogen-bond donors (Lipinski definition) is 2. The largest absolute Gasteiger partial charge is 0.453 e. The molecular weight excluding hydrogens is 431 g/mol. The molecule has 31 heavy (non-hydrogen) atoms. The van der Waals surface area contributed by atoms with Crippen molar-refractivity contribution < 1.29 is 13.9 Å². The molecule has 166 valence electrons. The van der Waals surface area contributed by atoms with Crippen molar-refractivity contribution in [2.75, 3.05) is 0 Å². The number of nitrogens with one attached hydrogen (secondary N) is 1. The van der Waals surface area contributed by atoms with Crippen molar-refractivity contribution in [3.63, 3.8) is 0 Å². The lowest BCUT2D eigenvalue weighted by molar-refractivity contribution is -0.118. The molecular formula is C24H30ClFN2O2Si. The molecule has 3 N–H and O–H groups in total. The second-order valence-electron chi connectivity index (χ2n) is 8.61. The first-order chi connectivity index (χ1) is 14.5. The van der Waals surface area contributed by atoms with Gasteiger partial charge in [-0.05, 0) is 43.7 Å². The van der Waals surface area contributed by atoms with Crippen LogP contribution in [-0.2, 0) is 4.79 Å². The molecule has 0 aromatic heterocycles. The van der Waals surface area contributed by atoms with Gasteiger partial charge in [-0.3, -0.25) is 4.79 Å². The van der Waals surface area contributed by atoms with Gasteiger partial charge >= 0.3 is 0 Å². The topological polar surface area (TPSA) is 64.3 Å². The van der Waals surface area contributed by atoms with Crippen LogP contribution in [0.25, 0.3) is 0 Å². The number of nitrogens with two attached hydrogens (primary N) is 1. The number of ether oxygens (including phenoxy) is 1. The Labute approximate surface area is 190 Å². The predicted molar refractivity (Wildman–Crippen MR) is 128 cm³/mol. The third-order valence-corrected chi connectivity index (χ3v) is 5.68. The maximum atomic E-state index is 15.3. The van der Waals surface area contributed by atoms with E-state index in [1.165, 1.54) is 0 Å². The van der Waals surface area contributed by atoms with Crippen molar-refractivity contribution in [1.82, 2.24) is 5.32 Å². The lowest BCUT2D eigenvalue weighted by Gasteiger charge is -2.23. The normalized spacial score (nSPS) is 13.1. The summed E-state index contributed by atoms with van der Waals surface area (Å²) in [5.74, 6) is 2.69. The highest BCUT2D eigenvalue weighted by molar-refractivity contribution is 6.83. The summed E-state index contributed by atoms with van der Waals surface area (Å²) in [4.78, 5) is 11.2. The molecule has 0 radical (unpaired) electrons. The molecule has 4 nitrogen and oxygen atoms in total. The van der Waals surface area contributed by atoms with E-state index in [4.69, 9.17) is 22.1 Å². The Morgan fingerprint density at radius 3 is 2.42 bits per heavy atom. The van der Waals surface area contributed by atoms with Crippen LogP contribution in [0.15, 0.2) is 36.4 Å². The van der Waals surface area contributed by atoms with E-state index >= 15 is 4.39 Å². The Bertz CT molecular complexity index is 978. The monoisotopic (exact) mass is 460 g/mol. The highest BCUT2D eigenvalue weighted by atomic mass is 35.5. The lowest BCUT2D eigenvalue weighted by atomic mass is 10.0. The lowest BCUT2D eigenvalue weighted by Crippen LogP contribution is -2.34. The summed E-state index contributed by atoms with van der Waals surface area (Å²) in [6.07, 6.45) is 0.785. The molecule has 2 rings (SSSR count). The standard InChI is InChI=1S/C24H30ClFN2O2Si/c1-6-21(28-16(2)15-22(27)29)19-11-12-20(25)24(23(19)26)30-18-9-7-17(8-10-18)13-14-31(3,4)5/h7-12,16,21,28H,6,15H2,1-5H3,(H2,27,29)/t16?,21-/m1/s1. The Balaban J connectivity index is 2.25. The quantitative estimate of drug-likeness (QED) is 0.386. The van der Waals surface area contributed by atoms with Crippen LogP contribution in [0.2, 0.25) is 24.7 Å². The van der Waals surface area contributed by atoms with Gasteiger partial charge in [0.1, 0.15) is 13.8 Å². The van der Waals surface area contributed by atoms with Crippen molar-refractivity contribution in [1.29, 1.82) is 0 Å². The number of amides is 1. The highest BCUT2D eigenvalue weighted by Crippen LogP contribution is 2.36. The molecule has 1 unspecified atom stereocenters. The third kappa shape index (κ3) is 7.70. The number of benzene rings is 2. The van der Waals surface area contributed by atoms with Crippen molar-refractivity contribution in [3.8, 4) is 23.0 Å². The van der Waals surface area contributed by atoms with Crippen molar-refractivity contribution in [2.24, 2.45) is 5.73 Å². The van der Waals surface area contributed by atoms with Gasteiger partial charge in [-0.1, -0.05) is 50.2 Å². The predicted octanol–water partition coefficient (Wildman–Crippen LogP) is 5.80. The molecule has 2 aromatic rings. The van der Waals surface area contributed by atoms with Crippen molar-refractivity contribution in [2.45, 2.75) is 58.4 Å². The van der Waals surface area contributed by atoms with Gasteiger partial charge < -0.3 is 15.8 Å². The van der Waals surface area contributed by atoms with Crippen LogP contribution >= 0.6 is 11.6 Å². The molecule has 2 aromatic carbocycles. The second-order valence-corrected chi connectivity index (χ2v) is 13.8. The van der Waals surface area contributed by atoms with Crippen LogP contribution < -0.4 is 15.8 Å². The summed E-state index contributed by atoms with van der Waals surface area (Å²) in [6.45, 7) is 10.3. The first-order valence-corrected chi connectivity index (χ1v) is 14.2. The minimum atomic E-state index is -1.46. The van der Waals surface area contributed by atoms with Gasteiger partial charge in [-0.15, -0.1) is 5.54 Å². The fourth-order valence-electron chi connectivity index (χ4n) is 3.03. The van der Waals surface area contributed by atoms with E-state index in [2.05, 4.69) is 36.4 Å². The van der Waals surface area contributed by atoms with Gasteiger partial charge in [0.05, 0.1) is 5.02 Å². The summed E-state index contributed by atoms with van der Waals surface area (Å²) < 4.78 is 21.1. The Kier molecular flexibility index (Phi) is 8.69. The first-order valence-electron chi connectivity index (χ1n) is 10.3. The summed E-state index contributed by atoms with van der Waals surface area (Å²) >= 11 is 6.24. The molecule has 0 saturated carbocycles. The van der Waals surface area contributed by atoms with Crippen LogP contribution in [-0.4, -0.2) is 20.0 Å². The zero-order valence-corrected chi connectivity index (χ0v) is 20.4. The number of rotatable bonds is 8. The molecule has 0 aliphatic heterocycles. The van der Waals surface area contributed by atoms with E-state index in [9.17, 15) is 4.79 Å². The molecule has 0 aliphatic rings. The minimum absolute atomic E-state index is 0.0251. The number of carbonyl (C=O) groups excluding carboxylic acids is 1. The molecule has 0 spiro atoms. The molecule has 0 bridgehead atoms. The van der Waals surface area contributed by atoms with Gasteiger partial charge in [-0.2, -0.15) is 0 Å². The van der Waals surface area contributed by atoms with E-state index in [0.717, 1.165) is 5.56 Å². The molecule has 2 atom stereocenters. The molecule has 0 saturated heterocycles. The number of carbonyl (C=O) groups is 1. The second kappa shape index (κ2) is 10.8. The zero-order valence-electron chi connectivity index (χ0n) is 18.7. The fourth-order valence-corrected chi connectivity index (χ4v) is 3.73. The zero-order chi connectivity index (χ0) is 23.2. The van der Waals surface area contributed by atoms with Gasteiger partial charge in [0.15, 0.2) is 11.6 Å². The van der Waals surface area contributed by atoms with E-state index in [0.29, 0.717) is 17.7 Å². The molecule has 0 heterocycles. The summed E-state index contributed by atoms with van der Waals surface area (Å²) in [6, 6.07) is 9.95. The van der Waals surface area contributed by atoms with E-state index in [1.807, 2.05) is 26.0 Å². The smallest absolute Gasteiger partial charge is 0.218 e. The van der Waals surface area contributed by atoms with E-state index in [1.54, 1.807) is 24.3 Å². The summed E-state index contributed by atoms with van der Waals surface area (Å²) in [5.41, 5.74) is 9.88.